The van der Waals surface area contributed by atoms with E-state index in [9.17, 15) is 9.59 Å². The van der Waals surface area contributed by atoms with Crippen molar-refractivity contribution in [1.82, 2.24) is 10.3 Å². The highest BCUT2D eigenvalue weighted by molar-refractivity contribution is 5.96. The Bertz CT molecular complexity index is 508. The van der Waals surface area contributed by atoms with E-state index < -0.39 is 0 Å². The van der Waals surface area contributed by atoms with Crippen molar-refractivity contribution < 1.29 is 9.59 Å². The summed E-state index contributed by atoms with van der Waals surface area (Å²) >= 11 is 0. The van der Waals surface area contributed by atoms with Gasteiger partial charge in [0.2, 0.25) is 11.8 Å². The predicted molar refractivity (Wildman–Crippen MR) is 75.5 cm³/mol. The second kappa shape index (κ2) is 5.58. The minimum absolute atomic E-state index is 0.0417. The zero-order chi connectivity index (χ0) is 13.9. The molecular weight excluding hydrogens is 256 g/mol. The van der Waals surface area contributed by atoms with Crippen LogP contribution in [0.5, 0.6) is 0 Å². The molecule has 6 heteroatoms. The number of hydrogen-bond acceptors (Lipinski definition) is 4. The Morgan fingerprint density at radius 3 is 2.90 bits per heavy atom. The zero-order valence-electron chi connectivity index (χ0n) is 11.3. The Morgan fingerprint density at radius 2 is 2.30 bits per heavy atom. The monoisotopic (exact) mass is 274 g/mol. The molecule has 2 aliphatic heterocycles. The fraction of sp³-hybridized carbons (Fsp3) is 0.500. The van der Waals surface area contributed by atoms with Gasteiger partial charge in [0.1, 0.15) is 5.82 Å². The average Bonchev–Trinajstić information content (AvgIpc) is 3.11. The fourth-order valence-electron chi connectivity index (χ4n) is 2.66. The SMILES string of the molecule is O=C(Nc1ccc(N2CCCC2=O)cn1)C1CCCN1. The molecule has 2 amide bonds. The van der Waals surface area contributed by atoms with Crippen molar-refractivity contribution in [3.8, 4) is 0 Å². The molecule has 1 unspecified atom stereocenters. The predicted octanol–water partition coefficient (Wildman–Crippen LogP) is 0.899. The molecule has 3 heterocycles. The number of nitrogens with zero attached hydrogens (tertiary/aromatic N) is 2. The van der Waals surface area contributed by atoms with Crippen molar-refractivity contribution in [3.63, 3.8) is 0 Å². The number of rotatable bonds is 3. The summed E-state index contributed by atoms with van der Waals surface area (Å²) < 4.78 is 0. The minimum Gasteiger partial charge on any atom is -0.311 e. The van der Waals surface area contributed by atoms with Crippen molar-refractivity contribution in [3.05, 3.63) is 18.3 Å². The summed E-state index contributed by atoms with van der Waals surface area (Å²) in [7, 11) is 0. The van der Waals surface area contributed by atoms with Gasteiger partial charge in [-0.05, 0) is 37.9 Å². The molecule has 2 fully saturated rings. The van der Waals surface area contributed by atoms with E-state index >= 15 is 0 Å². The van der Waals surface area contributed by atoms with Crippen LogP contribution in [0.25, 0.3) is 0 Å². The van der Waals surface area contributed by atoms with Gasteiger partial charge in [0.05, 0.1) is 17.9 Å². The first-order valence-corrected chi connectivity index (χ1v) is 7.05. The van der Waals surface area contributed by atoms with Gasteiger partial charge in [-0.25, -0.2) is 4.98 Å². The maximum atomic E-state index is 11.9. The summed E-state index contributed by atoms with van der Waals surface area (Å²) in [6.07, 6.45) is 5.03. The Kier molecular flexibility index (Phi) is 3.64. The van der Waals surface area contributed by atoms with Gasteiger partial charge in [-0.15, -0.1) is 0 Å². The van der Waals surface area contributed by atoms with Crippen molar-refractivity contribution in [2.45, 2.75) is 31.7 Å². The number of carbonyl (C=O) groups is 2. The molecule has 0 bridgehead atoms. The molecule has 0 radical (unpaired) electrons. The summed E-state index contributed by atoms with van der Waals surface area (Å²) in [4.78, 5) is 29.5. The molecule has 1 aromatic heterocycles. The van der Waals surface area contributed by atoms with E-state index in [4.69, 9.17) is 0 Å². The van der Waals surface area contributed by atoms with E-state index in [0.29, 0.717) is 12.2 Å². The van der Waals surface area contributed by atoms with Crippen LogP contribution in [0.4, 0.5) is 11.5 Å². The number of aromatic nitrogens is 1. The van der Waals surface area contributed by atoms with Crippen molar-refractivity contribution in [1.29, 1.82) is 0 Å². The molecular formula is C14H18N4O2. The molecule has 2 saturated heterocycles. The van der Waals surface area contributed by atoms with Crippen LogP contribution >= 0.6 is 0 Å². The number of carbonyl (C=O) groups excluding carboxylic acids is 2. The molecule has 20 heavy (non-hydrogen) atoms. The third kappa shape index (κ3) is 2.65. The van der Waals surface area contributed by atoms with Gasteiger partial charge in [-0.3, -0.25) is 9.59 Å². The first-order valence-electron chi connectivity index (χ1n) is 7.05. The molecule has 0 spiro atoms. The van der Waals surface area contributed by atoms with E-state index in [1.165, 1.54) is 0 Å². The van der Waals surface area contributed by atoms with Crippen LogP contribution in [0.2, 0.25) is 0 Å². The molecule has 106 valence electrons. The highest BCUT2D eigenvalue weighted by atomic mass is 16.2. The highest BCUT2D eigenvalue weighted by Crippen LogP contribution is 2.21. The lowest BCUT2D eigenvalue weighted by Gasteiger charge is -2.16. The standard InChI is InChI=1S/C14H18N4O2/c19-13-4-2-8-18(13)10-5-6-12(16-9-10)17-14(20)11-3-1-7-15-11/h5-6,9,11,15H,1-4,7-8H2,(H,16,17,20). The van der Waals surface area contributed by atoms with Crippen LogP contribution < -0.4 is 15.5 Å². The topological polar surface area (TPSA) is 74.3 Å². The lowest BCUT2D eigenvalue weighted by molar-refractivity contribution is -0.118. The molecule has 1 atom stereocenters. The van der Waals surface area contributed by atoms with Crippen LogP contribution in [0, 0.1) is 0 Å². The van der Waals surface area contributed by atoms with Gasteiger partial charge < -0.3 is 15.5 Å². The third-order valence-corrected chi connectivity index (χ3v) is 3.76. The zero-order valence-corrected chi connectivity index (χ0v) is 11.3. The molecule has 0 aliphatic carbocycles. The fourth-order valence-corrected chi connectivity index (χ4v) is 2.66. The van der Waals surface area contributed by atoms with Gasteiger partial charge in [0.25, 0.3) is 0 Å². The molecule has 0 aromatic carbocycles. The molecule has 6 nitrogen and oxygen atoms in total. The number of anilines is 2. The second-order valence-corrected chi connectivity index (χ2v) is 5.19. The normalized spacial score (nSPS) is 22.3. The molecule has 3 rings (SSSR count). The minimum atomic E-state index is -0.114. The average molecular weight is 274 g/mol. The van der Waals surface area contributed by atoms with Crippen LogP contribution in [-0.4, -0.2) is 35.9 Å². The van der Waals surface area contributed by atoms with Crippen molar-refractivity contribution in [2.75, 3.05) is 23.3 Å². The van der Waals surface area contributed by atoms with E-state index in [1.807, 2.05) is 6.07 Å². The first kappa shape index (κ1) is 13.1. The van der Waals surface area contributed by atoms with E-state index in [2.05, 4.69) is 15.6 Å². The second-order valence-electron chi connectivity index (χ2n) is 5.19. The van der Waals surface area contributed by atoms with Crippen LogP contribution in [0.3, 0.4) is 0 Å². The van der Waals surface area contributed by atoms with E-state index in [-0.39, 0.29) is 17.9 Å². The molecule has 2 N–H and O–H groups in total. The first-order chi connectivity index (χ1) is 9.74. The van der Waals surface area contributed by atoms with Gasteiger partial charge in [0.15, 0.2) is 0 Å². The number of nitrogens with one attached hydrogen (secondary N) is 2. The van der Waals surface area contributed by atoms with Gasteiger partial charge in [-0.2, -0.15) is 0 Å². The van der Waals surface area contributed by atoms with E-state index in [0.717, 1.165) is 38.0 Å². The number of hydrogen-bond donors (Lipinski definition) is 2. The molecule has 1 aromatic rings. The van der Waals surface area contributed by atoms with Gasteiger partial charge >= 0.3 is 0 Å². The Hall–Kier alpha value is -1.95. The Morgan fingerprint density at radius 1 is 1.40 bits per heavy atom. The van der Waals surface area contributed by atoms with Crippen LogP contribution in [0.15, 0.2) is 18.3 Å². The summed E-state index contributed by atoms with van der Waals surface area (Å²) in [5.74, 6) is 0.623. The van der Waals surface area contributed by atoms with Crippen LogP contribution in [0.1, 0.15) is 25.7 Å². The lowest BCUT2D eigenvalue weighted by Crippen LogP contribution is -2.35. The quantitative estimate of drug-likeness (QED) is 0.858. The Balaban J connectivity index is 1.63. The summed E-state index contributed by atoms with van der Waals surface area (Å²) in [6, 6.07) is 3.46. The summed E-state index contributed by atoms with van der Waals surface area (Å²) in [5, 5.41) is 5.94. The van der Waals surface area contributed by atoms with E-state index in [1.54, 1.807) is 17.2 Å². The number of pyridine rings is 1. The maximum absolute atomic E-state index is 11.9. The largest absolute Gasteiger partial charge is 0.311 e. The van der Waals surface area contributed by atoms with Crippen molar-refractivity contribution in [2.24, 2.45) is 0 Å². The highest BCUT2D eigenvalue weighted by Gasteiger charge is 2.23. The van der Waals surface area contributed by atoms with Crippen molar-refractivity contribution >= 4 is 23.3 Å². The van der Waals surface area contributed by atoms with Gasteiger partial charge in [0, 0.05) is 13.0 Å². The third-order valence-electron chi connectivity index (χ3n) is 3.76. The van der Waals surface area contributed by atoms with Gasteiger partial charge in [-0.1, -0.05) is 0 Å². The molecule has 2 aliphatic rings. The lowest BCUT2D eigenvalue weighted by atomic mass is 10.2. The smallest absolute Gasteiger partial charge is 0.242 e. The molecule has 0 saturated carbocycles. The maximum Gasteiger partial charge on any atom is 0.242 e. The number of amides is 2. The summed E-state index contributed by atoms with van der Waals surface area (Å²) in [6.45, 7) is 1.64. The Labute approximate surface area is 117 Å². The van der Waals surface area contributed by atoms with Crippen LogP contribution in [-0.2, 0) is 9.59 Å². The summed E-state index contributed by atoms with van der Waals surface area (Å²) in [5.41, 5.74) is 0.796.